The number of carbonyl (C=O) groups is 1. The molecule has 1 amide bonds. The molecule has 0 spiro atoms. The Bertz CT molecular complexity index is 438. The van der Waals surface area contributed by atoms with Gasteiger partial charge in [0.1, 0.15) is 5.82 Å². The summed E-state index contributed by atoms with van der Waals surface area (Å²) in [6, 6.07) is 6.52. The molecule has 1 saturated heterocycles. The van der Waals surface area contributed by atoms with Crippen molar-refractivity contribution in [2.75, 3.05) is 12.4 Å². The second-order valence-corrected chi connectivity index (χ2v) is 5.60. The lowest BCUT2D eigenvalue weighted by molar-refractivity contribution is -0.200. The molecule has 1 aliphatic heterocycles. The van der Waals surface area contributed by atoms with E-state index in [0.29, 0.717) is 17.3 Å². The largest absolute Gasteiger partial charge is 0.350 e. The molecule has 1 atom stereocenters. The van der Waals surface area contributed by atoms with Gasteiger partial charge in [0.25, 0.3) is 0 Å². The molecular weight excluding hydrogens is 281 g/mol. The number of ether oxygens (including phenoxy) is 1. The zero-order valence-corrected chi connectivity index (χ0v) is 12.0. The molecule has 1 fully saturated rings. The predicted octanol–water partition coefficient (Wildman–Crippen LogP) is 2.88. The van der Waals surface area contributed by atoms with Crippen LogP contribution in [-0.2, 0) is 14.4 Å². The van der Waals surface area contributed by atoms with Crippen LogP contribution in [0.1, 0.15) is 25.7 Å². The minimum Gasteiger partial charge on any atom is -0.350 e. The van der Waals surface area contributed by atoms with Crippen molar-refractivity contribution < 1.29 is 18.8 Å². The molecule has 20 heavy (non-hydrogen) atoms. The Morgan fingerprint density at radius 2 is 2.30 bits per heavy atom. The first-order valence-corrected chi connectivity index (χ1v) is 7.67. The summed E-state index contributed by atoms with van der Waals surface area (Å²) >= 11 is 1.31. The molecule has 0 aliphatic carbocycles. The fraction of sp³-hybridized carbons (Fsp3) is 0.500. The third-order valence-corrected chi connectivity index (χ3v) is 3.92. The minimum atomic E-state index is -0.341. The molecule has 1 aromatic rings. The van der Waals surface area contributed by atoms with Crippen molar-refractivity contribution in [2.45, 2.75) is 36.9 Å². The lowest BCUT2D eigenvalue weighted by Gasteiger charge is -2.22. The average molecular weight is 299 g/mol. The van der Waals surface area contributed by atoms with E-state index in [9.17, 15) is 9.18 Å². The maximum atomic E-state index is 13.3. The van der Waals surface area contributed by atoms with E-state index < -0.39 is 0 Å². The van der Waals surface area contributed by atoms with Gasteiger partial charge in [-0.15, -0.1) is 11.8 Å². The highest BCUT2D eigenvalue weighted by Gasteiger charge is 2.15. The molecule has 1 heterocycles. The van der Waals surface area contributed by atoms with Gasteiger partial charge in [-0.05, 0) is 25.0 Å². The van der Waals surface area contributed by atoms with Gasteiger partial charge in [0.15, 0.2) is 6.29 Å². The van der Waals surface area contributed by atoms with E-state index in [-0.39, 0.29) is 24.4 Å². The van der Waals surface area contributed by atoms with Crippen molar-refractivity contribution in [2.24, 2.45) is 0 Å². The molecule has 0 saturated carbocycles. The molecule has 1 aliphatic rings. The molecule has 2 rings (SSSR count). The van der Waals surface area contributed by atoms with Gasteiger partial charge in [-0.1, -0.05) is 12.1 Å². The number of hydrogen-bond donors (Lipinski definition) is 1. The topological polar surface area (TPSA) is 47.6 Å². The molecule has 4 nitrogen and oxygen atoms in total. The highest BCUT2D eigenvalue weighted by Crippen LogP contribution is 2.21. The van der Waals surface area contributed by atoms with Crippen molar-refractivity contribution in [3.8, 4) is 0 Å². The Morgan fingerprint density at radius 1 is 1.45 bits per heavy atom. The van der Waals surface area contributed by atoms with Gasteiger partial charge in [-0.2, -0.15) is 0 Å². The van der Waals surface area contributed by atoms with Crippen LogP contribution in [0.25, 0.3) is 0 Å². The number of benzene rings is 1. The van der Waals surface area contributed by atoms with Crippen LogP contribution in [0.15, 0.2) is 29.2 Å². The van der Waals surface area contributed by atoms with Crippen LogP contribution >= 0.6 is 11.8 Å². The standard InChI is InChI=1S/C14H18FNO3S/c15-11-5-1-2-6-12(11)20-10-8-13(17)16-19-14-7-3-4-9-18-14/h1-2,5-6,14H,3-4,7-10H2,(H,16,17). The van der Waals surface area contributed by atoms with Gasteiger partial charge in [-0.3, -0.25) is 4.79 Å². The van der Waals surface area contributed by atoms with Gasteiger partial charge in [0, 0.05) is 30.1 Å². The van der Waals surface area contributed by atoms with Crippen molar-refractivity contribution in [3.05, 3.63) is 30.1 Å². The smallest absolute Gasteiger partial charge is 0.244 e. The third-order valence-electron chi connectivity index (χ3n) is 2.87. The lowest BCUT2D eigenvalue weighted by Crippen LogP contribution is -2.33. The van der Waals surface area contributed by atoms with Crippen LogP contribution in [-0.4, -0.2) is 24.6 Å². The zero-order chi connectivity index (χ0) is 14.2. The van der Waals surface area contributed by atoms with Gasteiger partial charge < -0.3 is 4.74 Å². The Labute approximate surface area is 122 Å². The summed E-state index contributed by atoms with van der Waals surface area (Å²) in [5, 5.41) is 0. The SMILES string of the molecule is O=C(CCSc1ccccc1F)NOC1CCCCO1. The van der Waals surface area contributed by atoms with Gasteiger partial charge >= 0.3 is 0 Å². The Kier molecular flexibility index (Phi) is 6.29. The number of amides is 1. The van der Waals surface area contributed by atoms with E-state index in [1.807, 2.05) is 0 Å². The van der Waals surface area contributed by atoms with E-state index >= 15 is 0 Å². The molecule has 1 N–H and O–H groups in total. The Morgan fingerprint density at radius 3 is 3.05 bits per heavy atom. The fourth-order valence-electron chi connectivity index (χ4n) is 1.80. The van der Waals surface area contributed by atoms with E-state index in [4.69, 9.17) is 9.57 Å². The maximum absolute atomic E-state index is 13.3. The third kappa shape index (κ3) is 5.11. The summed E-state index contributed by atoms with van der Waals surface area (Å²) in [5.41, 5.74) is 2.38. The van der Waals surface area contributed by atoms with E-state index in [2.05, 4.69) is 5.48 Å². The molecule has 1 unspecified atom stereocenters. The maximum Gasteiger partial charge on any atom is 0.244 e. The summed E-state index contributed by atoms with van der Waals surface area (Å²) in [4.78, 5) is 17.3. The molecule has 0 bridgehead atoms. The highest BCUT2D eigenvalue weighted by molar-refractivity contribution is 7.99. The van der Waals surface area contributed by atoms with Crippen LogP contribution in [0.5, 0.6) is 0 Å². The minimum absolute atomic E-state index is 0.219. The quantitative estimate of drug-likeness (QED) is 0.648. The summed E-state index contributed by atoms with van der Waals surface area (Å²) < 4.78 is 18.7. The van der Waals surface area contributed by atoms with Crippen LogP contribution < -0.4 is 5.48 Å². The number of carbonyl (C=O) groups excluding carboxylic acids is 1. The molecular formula is C14H18FNO3S. The number of rotatable bonds is 6. The van der Waals surface area contributed by atoms with Gasteiger partial charge in [0.05, 0.1) is 0 Å². The Balaban J connectivity index is 1.61. The predicted molar refractivity (Wildman–Crippen MR) is 74.6 cm³/mol. The van der Waals surface area contributed by atoms with Crippen molar-refractivity contribution in [1.29, 1.82) is 0 Å². The summed E-state index contributed by atoms with van der Waals surface area (Å²) in [6.07, 6.45) is 2.80. The molecule has 0 aromatic heterocycles. The second kappa shape index (κ2) is 8.24. The van der Waals surface area contributed by atoms with Crippen LogP contribution in [0, 0.1) is 5.82 Å². The summed E-state index contributed by atoms with van der Waals surface area (Å²) in [6.45, 7) is 0.670. The van der Waals surface area contributed by atoms with Crippen LogP contribution in [0.4, 0.5) is 4.39 Å². The van der Waals surface area contributed by atoms with E-state index in [1.165, 1.54) is 17.8 Å². The van der Waals surface area contributed by atoms with E-state index in [1.54, 1.807) is 18.2 Å². The first-order valence-electron chi connectivity index (χ1n) is 6.69. The Hall–Kier alpha value is -1.11. The molecule has 6 heteroatoms. The monoisotopic (exact) mass is 299 g/mol. The fourth-order valence-corrected chi connectivity index (χ4v) is 2.69. The normalized spacial score (nSPS) is 18.8. The van der Waals surface area contributed by atoms with Crippen molar-refractivity contribution >= 4 is 17.7 Å². The number of halogens is 1. The van der Waals surface area contributed by atoms with Crippen molar-refractivity contribution in [1.82, 2.24) is 5.48 Å². The van der Waals surface area contributed by atoms with Gasteiger partial charge in [-0.25, -0.2) is 14.7 Å². The summed E-state index contributed by atoms with van der Waals surface area (Å²) in [5.74, 6) is 0.0227. The number of hydroxylamine groups is 1. The lowest BCUT2D eigenvalue weighted by atomic mass is 10.2. The summed E-state index contributed by atoms with van der Waals surface area (Å²) in [7, 11) is 0. The molecule has 0 radical (unpaired) electrons. The van der Waals surface area contributed by atoms with E-state index in [0.717, 1.165) is 19.3 Å². The van der Waals surface area contributed by atoms with Crippen LogP contribution in [0.3, 0.4) is 0 Å². The first kappa shape index (κ1) is 15.3. The zero-order valence-electron chi connectivity index (χ0n) is 11.1. The average Bonchev–Trinajstić information content (AvgIpc) is 2.48. The highest BCUT2D eigenvalue weighted by atomic mass is 32.2. The van der Waals surface area contributed by atoms with Crippen LogP contribution in [0.2, 0.25) is 0 Å². The molecule has 1 aromatic carbocycles. The van der Waals surface area contributed by atoms with Gasteiger partial charge in [0.2, 0.25) is 5.91 Å². The second-order valence-electron chi connectivity index (χ2n) is 4.47. The molecule has 110 valence electrons. The number of nitrogens with one attached hydrogen (secondary N) is 1. The number of thioether (sulfide) groups is 1. The van der Waals surface area contributed by atoms with Crippen molar-refractivity contribution in [3.63, 3.8) is 0 Å². The first-order chi connectivity index (χ1) is 9.75. The number of hydrogen-bond acceptors (Lipinski definition) is 4.